The third-order valence-corrected chi connectivity index (χ3v) is 8.24. The van der Waals surface area contributed by atoms with Crippen LogP contribution in [0.25, 0.3) is 0 Å². The van der Waals surface area contributed by atoms with E-state index < -0.39 is 0 Å². The van der Waals surface area contributed by atoms with Gasteiger partial charge >= 0.3 is 0 Å². The molecule has 0 atom stereocenters. The number of nitrogens with one attached hydrogen (secondary N) is 3. The fourth-order valence-corrected chi connectivity index (χ4v) is 5.40. The van der Waals surface area contributed by atoms with E-state index in [-0.39, 0.29) is 17.0 Å². The van der Waals surface area contributed by atoms with Gasteiger partial charge in [-0.3, -0.25) is 9.52 Å². The number of ether oxygens (including phenoxy) is 1. The van der Waals surface area contributed by atoms with E-state index in [1.54, 1.807) is 11.9 Å². The van der Waals surface area contributed by atoms with Gasteiger partial charge in [-0.25, -0.2) is 4.98 Å². The summed E-state index contributed by atoms with van der Waals surface area (Å²) in [5.41, 5.74) is 1.84. The molecule has 188 valence electrons. The van der Waals surface area contributed by atoms with E-state index in [0.717, 1.165) is 35.3 Å². The molecule has 0 unspecified atom stereocenters. The number of hydrogen-bond donors (Lipinski definition) is 3. The van der Waals surface area contributed by atoms with Crippen molar-refractivity contribution < 1.29 is 9.53 Å². The monoisotopic (exact) mass is 495 g/mol. The number of hydrogen-bond acceptors (Lipinski definition) is 7. The number of carbonyl (C=O) groups is 1. The van der Waals surface area contributed by atoms with Crippen molar-refractivity contribution in [3.05, 3.63) is 42.0 Å². The molecule has 3 N–H and O–H groups in total. The highest BCUT2D eigenvalue weighted by atomic mass is 32.2. The number of carbonyl (C=O) groups excluding carboxylic acids is 1. The molecule has 2 aromatic rings. The Kier molecular flexibility index (Phi) is 6.48. The van der Waals surface area contributed by atoms with E-state index in [4.69, 9.17) is 9.72 Å². The van der Waals surface area contributed by atoms with Gasteiger partial charge in [-0.2, -0.15) is 0 Å². The summed E-state index contributed by atoms with van der Waals surface area (Å²) in [7, 11) is 0. The first-order chi connectivity index (χ1) is 16.6. The highest BCUT2D eigenvalue weighted by Gasteiger charge is 2.45. The first-order valence-corrected chi connectivity index (χ1v) is 13.4. The molecule has 1 aromatic heterocycles. The minimum atomic E-state index is -0.130. The Morgan fingerprint density at radius 3 is 2.46 bits per heavy atom. The van der Waals surface area contributed by atoms with Crippen LogP contribution in [0.1, 0.15) is 63.7 Å². The maximum atomic E-state index is 13.5. The molecule has 1 saturated carbocycles. The molecule has 0 radical (unpaired) electrons. The summed E-state index contributed by atoms with van der Waals surface area (Å²) in [5, 5.41) is 6.61. The third kappa shape index (κ3) is 5.93. The molecule has 5 rings (SSSR count). The first-order valence-electron chi connectivity index (χ1n) is 12.6. The summed E-state index contributed by atoms with van der Waals surface area (Å²) < 4.78 is 8.81. The van der Waals surface area contributed by atoms with Gasteiger partial charge < -0.3 is 20.3 Å². The second kappa shape index (κ2) is 9.30. The SMILES string of the molecule is CC(C)(C)NSc1cccc(NC(=O)c2ccc(NC3(C)COC3)nc2N2CCC3(CC2)CC3)c1. The van der Waals surface area contributed by atoms with Gasteiger partial charge in [-0.15, -0.1) is 0 Å². The van der Waals surface area contributed by atoms with E-state index in [1.807, 2.05) is 36.4 Å². The van der Waals surface area contributed by atoms with Gasteiger partial charge in [0.1, 0.15) is 11.6 Å². The number of piperidine rings is 1. The Hall–Kier alpha value is -2.29. The van der Waals surface area contributed by atoms with Crippen LogP contribution in [0.5, 0.6) is 0 Å². The molecule has 1 spiro atoms. The predicted octanol–water partition coefficient (Wildman–Crippen LogP) is 5.31. The molecule has 2 aliphatic heterocycles. The van der Waals surface area contributed by atoms with E-state index in [1.165, 1.54) is 25.7 Å². The van der Waals surface area contributed by atoms with E-state index in [9.17, 15) is 4.79 Å². The van der Waals surface area contributed by atoms with Crippen LogP contribution in [-0.4, -0.2) is 48.3 Å². The van der Waals surface area contributed by atoms with Crippen molar-refractivity contribution in [2.24, 2.45) is 5.41 Å². The average molecular weight is 496 g/mol. The number of pyridine rings is 1. The summed E-state index contributed by atoms with van der Waals surface area (Å²) in [6.07, 6.45) is 5.05. The summed E-state index contributed by atoms with van der Waals surface area (Å²) >= 11 is 1.57. The van der Waals surface area contributed by atoms with Gasteiger partial charge in [-0.05, 0) is 101 Å². The number of rotatable bonds is 7. The lowest BCUT2D eigenvalue weighted by atomic mass is 9.93. The van der Waals surface area contributed by atoms with Gasteiger partial charge in [0, 0.05) is 29.2 Å². The Morgan fingerprint density at radius 1 is 1.09 bits per heavy atom. The van der Waals surface area contributed by atoms with Crippen molar-refractivity contribution in [3.8, 4) is 0 Å². The van der Waals surface area contributed by atoms with Gasteiger partial charge in [0.05, 0.1) is 24.3 Å². The molecule has 3 heterocycles. The zero-order valence-corrected chi connectivity index (χ0v) is 22.1. The van der Waals surface area contributed by atoms with Crippen molar-refractivity contribution in [3.63, 3.8) is 0 Å². The standard InChI is InChI=1S/C27H37N5O2S/c1-25(2,3)31-35-20-7-5-6-19(16-20)28-24(33)21-8-9-22(30-26(4)17-34-18-26)29-23(21)32-14-12-27(10-11-27)13-15-32/h5-9,16,31H,10-15,17-18H2,1-4H3,(H,28,33)(H,29,30). The van der Waals surface area contributed by atoms with Crippen molar-refractivity contribution >= 4 is 35.2 Å². The van der Waals surface area contributed by atoms with Gasteiger partial charge in [0.2, 0.25) is 0 Å². The molecule has 3 aliphatic rings. The van der Waals surface area contributed by atoms with Crippen LogP contribution < -0.4 is 20.3 Å². The largest absolute Gasteiger partial charge is 0.376 e. The average Bonchev–Trinajstić information content (AvgIpc) is 3.55. The van der Waals surface area contributed by atoms with Crippen LogP contribution in [0.15, 0.2) is 41.3 Å². The molecule has 0 bridgehead atoms. The Morgan fingerprint density at radius 2 is 1.83 bits per heavy atom. The molecular weight excluding hydrogens is 458 g/mol. The fourth-order valence-electron chi connectivity index (χ4n) is 4.64. The van der Waals surface area contributed by atoms with Crippen LogP contribution in [0, 0.1) is 5.41 Å². The lowest BCUT2D eigenvalue weighted by molar-refractivity contribution is -0.0320. The second-order valence-electron chi connectivity index (χ2n) is 11.7. The molecule has 1 aliphatic carbocycles. The van der Waals surface area contributed by atoms with E-state index in [0.29, 0.717) is 24.2 Å². The Bertz CT molecular complexity index is 1080. The van der Waals surface area contributed by atoms with Crippen LogP contribution in [-0.2, 0) is 4.74 Å². The summed E-state index contributed by atoms with van der Waals surface area (Å²) in [4.78, 5) is 21.8. The zero-order valence-electron chi connectivity index (χ0n) is 21.2. The molecule has 7 nitrogen and oxygen atoms in total. The minimum Gasteiger partial charge on any atom is -0.376 e. The van der Waals surface area contributed by atoms with Crippen LogP contribution >= 0.6 is 11.9 Å². The third-order valence-electron chi connectivity index (χ3n) is 7.04. The molecule has 35 heavy (non-hydrogen) atoms. The van der Waals surface area contributed by atoms with Crippen molar-refractivity contribution in [2.45, 2.75) is 69.4 Å². The van der Waals surface area contributed by atoms with Gasteiger partial charge in [-0.1, -0.05) is 6.07 Å². The normalized spacial score (nSPS) is 20.3. The second-order valence-corrected chi connectivity index (χ2v) is 12.5. The number of amides is 1. The summed E-state index contributed by atoms with van der Waals surface area (Å²) in [6, 6.07) is 11.8. The van der Waals surface area contributed by atoms with Crippen LogP contribution in [0.3, 0.4) is 0 Å². The summed E-state index contributed by atoms with van der Waals surface area (Å²) in [5.74, 6) is 1.43. The topological polar surface area (TPSA) is 78.5 Å². The molecule has 2 saturated heterocycles. The highest BCUT2D eigenvalue weighted by Crippen LogP contribution is 2.54. The zero-order chi connectivity index (χ0) is 24.7. The fraction of sp³-hybridized carbons (Fsp3) is 0.556. The Labute approximate surface area is 212 Å². The van der Waals surface area contributed by atoms with Crippen molar-refractivity contribution in [1.29, 1.82) is 0 Å². The molecule has 1 aromatic carbocycles. The number of anilines is 3. The van der Waals surface area contributed by atoms with Crippen LogP contribution in [0.2, 0.25) is 0 Å². The Balaban J connectivity index is 1.35. The quantitative estimate of drug-likeness (QED) is 0.449. The highest BCUT2D eigenvalue weighted by molar-refractivity contribution is 7.97. The lowest BCUT2D eigenvalue weighted by Gasteiger charge is -2.39. The van der Waals surface area contributed by atoms with Crippen LogP contribution in [0.4, 0.5) is 17.3 Å². The first kappa shape index (κ1) is 24.4. The van der Waals surface area contributed by atoms with Gasteiger partial charge in [0.15, 0.2) is 0 Å². The molecule has 1 amide bonds. The molecule has 3 fully saturated rings. The smallest absolute Gasteiger partial charge is 0.259 e. The molecule has 8 heteroatoms. The van der Waals surface area contributed by atoms with Crippen molar-refractivity contribution in [2.75, 3.05) is 41.8 Å². The maximum absolute atomic E-state index is 13.5. The van der Waals surface area contributed by atoms with E-state index in [2.05, 4.69) is 48.0 Å². The molecular formula is C27H37N5O2S. The van der Waals surface area contributed by atoms with E-state index >= 15 is 0 Å². The maximum Gasteiger partial charge on any atom is 0.259 e. The minimum absolute atomic E-state index is 0.00354. The van der Waals surface area contributed by atoms with Gasteiger partial charge in [0.25, 0.3) is 5.91 Å². The number of benzene rings is 1. The van der Waals surface area contributed by atoms with Crippen molar-refractivity contribution in [1.82, 2.24) is 9.71 Å². The lowest BCUT2D eigenvalue weighted by Crippen LogP contribution is -2.53. The predicted molar refractivity (Wildman–Crippen MR) is 143 cm³/mol. The number of nitrogens with zero attached hydrogens (tertiary/aromatic N) is 2. The summed E-state index contributed by atoms with van der Waals surface area (Å²) in [6.45, 7) is 11.7. The number of aromatic nitrogens is 1.